The minimum Gasteiger partial charge on any atom is -0.334 e. The molecule has 1 fully saturated rings. The van der Waals surface area contributed by atoms with E-state index in [1.807, 2.05) is 36.2 Å². The van der Waals surface area contributed by atoms with Crippen LogP contribution in [0.5, 0.6) is 0 Å². The highest BCUT2D eigenvalue weighted by atomic mass is 16.1. The quantitative estimate of drug-likeness (QED) is 0.932. The lowest BCUT2D eigenvalue weighted by molar-refractivity contribution is 0.0902. The van der Waals surface area contributed by atoms with Crippen LogP contribution in [0.1, 0.15) is 55.8 Å². The number of nitriles is 1. The molecule has 0 atom stereocenters. The smallest absolute Gasteiger partial charge is 0.252 e. The van der Waals surface area contributed by atoms with Gasteiger partial charge in [0.05, 0.1) is 11.8 Å². The number of nitrogens with zero attached hydrogens (tertiary/aromatic N) is 3. The van der Waals surface area contributed by atoms with Crippen molar-refractivity contribution in [3.8, 4) is 6.07 Å². The van der Waals surface area contributed by atoms with Crippen LogP contribution in [0.15, 0.2) is 29.4 Å². The van der Waals surface area contributed by atoms with Gasteiger partial charge in [0.25, 0.3) is 5.91 Å². The van der Waals surface area contributed by atoms with Gasteiger partial charge in [-0.2, -0.15) is 10.4 Å². The van der Waals surface area contributed by atoms with E-state index in [2.05, 4.69) is 16.5 Å². The number of rotatable bonds is 3. The van der Waals surface area contributed by atoms with Crippen LogP contribution in [0.25, 0.3) is 0 Å². The fourth-order valence-corrected chi connectivity index (χ4v) is 3.26. The van der Waals surface area contributed by atoms with Crippen molar-refractivity contribution >= 4 is 17.3 Å². The molecule has 1 saturated carbocycles. The average Bonchev–Trinajstić information content (AvgIpc) is 3.02. The van der Waals surface area contributed by atoms with Gasteiger partial charge in [-0.3, -0.25) is 9.80 Å². The van der Waals surface area contributed by atoms with Crippen molar-refractivity contribution in [1.82, 2.24) is 5.32 Å². The second kappa shape index (κ2) is 6.41. The van der Waals surface area contributed by atoms with Crippen LogP contribution >= 0.6 is 0 Å². The zero-order valence-corrected chi connectivity index (χ0v) is 13.5. The molecule has 0 spiro atoms. The lowest BCUT2D eigenvalue weighted by atomic mass is 9.82. The maximum atomic E-state index is 12.5. The minimum absolute atomic E-state index is 0.166. The van der Waals surface area contributed by atoms with E-state index >= 15 is 0 Å². The Labute approximate surface area is 137 Å². The van der Waals surface area contributed by atoms with Crippen molar-refractivity contribution in [2.75, 3.05) is 11.6 Å². The Bertz CT molecular complexity index is 651. The van der Waals surface area contributed by atoms with Crippen molar-refractivity contribution in [3.05, 3.63) is 29.8 Å². The minimum atomic E-state index is -0.690. The molecule has 5 nitrogen and oxygen atoms in total. The predicted octanol–water partition coefficient (Wildman–Crippen LogP) is 3.23. The first kappa shape index (κ1) is 15.5. The van der Waals surface area contributed by atoms with Crippen LogP contribution in [0.3, 0.4) is 0 Å². The maximum Gasteiger partial charge on any atom is 0.252 e. The van der Waals surface area contributed by atoms with Crippen LogP contribution in [-0.2, 0) is 0 Å². The van der Waals surface area contributed by atoms with Crippen molar-refractivity contribution in [2.24, 2.45) is 5.10 Å². The van der Waals surface area contributed by atoms with Crippen LogP contribution < -0.4 is 10.3 Å². The van der Waals surface area contributed by atoms with Gasteiger partial charge in [-0.25, -0.2) is 0 Å². The number of hydrogen-bond acceptors (Lipinski definition) is 4. The van der Waals surface area contributed by atoms with Gasteiger partial charge in [0.15, 0.2) is 0 Å². The van der Waals surface area contributed by atoms with E-state index in [4.69, 9.17) is 0 Å². The number of anilines is 1. The largest absolute Gasteiger partial charge is 0.334 e. The number of hydrogen-bond donors (Lipinski definition) is 1. The van der Waals surface area contributed by atoms with Gasteiger partial charge in [0, 0.05) is 24.2 Å². The predicted molar refractivity (Wildman–Crippen MR) is 90.4 cm³/mol. The molecule has 1 amide bonds. The molecule has 0 saturated heterocycles. The van der Waals surface area contributed by atoms with Gasteiger partial charge < -0.3 is 5.32 Å². The summed E-state index contributed by atoms with van der Waals surface area (Å²) in [6.45, 7) is 2.91. The first-order chi connectivity index (χ1) is 11.1. The molecule has 2 aliphatic rings. The summed E-state index contributed by atoms with van der Waals surface area (Å²) in [5.74, 6) is -0.166. The third-order valence-electron chi connectivity index (χ3n) is 4.68. The second-order valence-corrected chi connectivity index (χ2v) is 6.46. The van der Waals surface area contributed by atoms with Gasteiger partial charge >= 0.3 is 0 Å². The van der Waals surface area contributed by atoms with E-state index in [1.165, 1.54) is 0 Å². The number of hydrazone groups is 1. The number of carbonyl (C=O) groups is 1. The van der Waals surface area contributed by atoms with Crippen LogP contribution in [0, 0.1) is 11.3 Å². The molecule has 1 aromatic rings. The van der Waals surface area contributed by atoms with Crippen LogP contribution in [0.2, 0.25) is 0 Å². The second-order valence-electron chi connectivity index (χ2n) is 6.46. The molecule has 1 heterocycles. The molecule has 0 unspecified atom stereocenters. The van der Waals surface area contributed by atoms with Crippen molar-refractivity contribution < 1.29 is 4.79 Å². The van der Waals surface area contributed by atoms with E-state index in [9.17, 15) is 10.1 Å². The lowest BCUT2D eigenvalue weighted by Gasteiger charge is -2.31. The molecule has 5 heteroatoms. The summed E-state index contributed by atoms with van der Waals surface area (Å²) in [6, 6.07) is 9.76. The summed E-state index contributed by atoms with van der Waals surface area (Å²) in [6.07, 6.45) is 5.61. The normalized spacial score (nSPS) is 19.8. The molecule has 23 heavy (non-hydrogen) atoms. The highest BCUT2D eigenvalue weighted by molar-refractivity contribution is 5.95. The molecule has 1 aromatic carbocycles. The number of carbonyl (C=O) groups excluding carboxylic acids is 1. The van der Waals surface area contributed by atoms with Gasteiger partial charge in [-0.1, -0.05) is 19.3 Å². The first-order valence-electron chi connectivity index (χ1n) is 8.27. The fourth-order valence-electron chi connectivity index (χ4n) is 3.26. The van der Waals surface area contributed by atoms with Gasteiger partial charge in [-0.05, 0) is 44.0 Å². The summed E-state index contributed by atoms with van der Waals surface area (Å²) >= 11 is 0. The Morgan fingerprint density at radius 1 is 1.26 bits per heavy atom. The Morgan fingerprint density at radius 2 is 1.96 bits per heavy atom. The molecule has 0 radical (unpaired) electrons. The molecule has 0 bridgehead atoms. The zero-order valence-electron chi connectivity index (χ0n) is 13.5. The number of nitrogens with one attached hydrogen (secondary N) is 1. The van der Waals surface area contributed by atoms with Crippen molar-refractivity contribution in [3.63, 3.8) is 0 Å². The van der Waals surface area contributed by atoms with Crippen molar-refractivity contribution in [1.29, 1.82) is 5.26 Å². The average molecular weight is 310 g/mol. The molecule has 1 aliphatic carbocycles. The molecule has 1 aliphatic heterocycles. The van der Waals surface area contributed by atoms with E-state index in [-0.39, 0.29) is 5.91 Å². The van der Waals surface area contributed by atoms with E-state index in [1.54, 1.807) is 0 Å². The highest BCUT2D eigenvalue weighted by Crippen LogP contribution is 2.28. The fraction of sp³-hybridized carbons (Fsp3) is 0.500. The van der Waals surface area contributed by atoms with Gasteiger partial charge in [0.2, 0.25) is 0 Å². The molecule has 3 rings (SSSR count). The Kier molecular flexibility index (Phi) is 4.33. The molecule has 0 aromatic heterocycles. The number of amides is 1. The zero-order chi connectivity index (χ0) is 16.3. The monoisotopic (exact) mass is 310 g/mol. The molecule has 1 N–H and O–H groups in total. The van der Waals surface area contributed by atoms with Crippen LogP contribution in [0.4, 0.5) is 5.69 Å². The standard InChI is InChI=1S/C18H22N4O/c1-14-9-12-22(21-14)16-7-5-15(6-8-16)17(23)20-18(13-19)10-3-2-4-11-18/h5-8H,2-4,9-12H2,1H3,(H,20,23). The summed E-state index contributed by atoms with van der Waals surface area (Å²) in [7, 11) is 0. The molecular weight excluding hydrogens is 288 g/mol. The van der Waals surface area contributed by atoms with E-state index in [0.29, 0.717) is 5.56 Å². The maximum absolute atomic E-state index is 12.5. The Morgan fingerprint density at radius 3 is 2.52 bits per heavy atom. The third-order valence-corrected chi connectivity index (χ3v) is 4.68. The topological polar surface area (TPSA) is 68.5 Å². The van der Waals surface area contributed by atoms with E-state index in [0.717, 1.165) is 56.5 Å². The number of benzene rings is 1. The third kappa shape index (κ3) is 3.37. The summed E-state index contributed by atoms with van der Waals surface area (Å²) in [5.41, 5.74) is 2.02. The first-order valence-corrected chi connectivity index (χ1v) is 8.27. The van der Waals surface area contributed by atoms with Gasteiger partial charge in [0.1, 0.15) is 5.54 Å². The Balaban J connectivity index is 1.69. The van der Waals surface area contributed by atoms with Crippen LogP contribution in [-0.4, -0.2) is 23.7 Å². The molecular formula is C18H22N4O. The summed E-state index contributed by atoms with van der Waals surface area (Å²) in [5, 5.41) is 18.8. The SMILES string of the molecule is CC1=NN(c2ccc(C(=O)NC3(C#N)CCCCC3)cc2)CC1. The van der Waals surface area contributed by atoms with Crippen molar-refractivity contribution in [2.45, 2.75) is 51.0 Å². The van der Waals surface area contributed by atoms with E-state index < -0.39 is 5.54 Å². The Hall–Kier alpha value is -2.35. The summed E-state index contributed by atoms with van der Waals surface area (Å²) < 4.78 is 0. The molecule has 120 valence electrons. The lowest BCUT2D eigenvalue weighted by Crippen LogP contribution is -2.48. The summed E-state index contributed by atoms with van der Waals surface area (Å²) in [4.78, 5) is 12.5. The van der Waals surface area contributed by atoms with Gasteiger partial charge in [-0.15, -0.1) is 0 Å². The highest BCUT2D eigenvalue weighted by Gasteiger charge is 2.33.